The summed E-state index contributed by atoms with van der Waals surface area (Å²) >= 11 is 8.65. The fourth-order valence-electron chi connectivity index (χ4n) is 2.93. The second kappa shape index (κ2) is 8.59. The van der Waals surface area contributed by atoms with Crippen molar-refractivity contribution >= 4 is 56.6 Å². The van der Waals surface area contributed by atoms with Gasteiger partial charge in [-0.25, -0.2) is 9.97 Å². The molecule has 6 nitrogen and oxygen atoms in total. The van der Waals surface area contributed by atoms with Gasteiger partial charge in [0.1, 0.15) is 0 Å². The molecule has 0 radical (unpaired) electrons. The SMILES string of the molecule is Cc1cccc(-n2c(SCC(=O)Nc3nc(C)cs3)nc3cc(Cl)ccc3c2=O)c1. The number of anilines is 1. The van der Waals surface area contributed by atoms with E-state index in [1.165, 1.54) is 27.7 Å². The van der Waals surface area contributed by atoms with Crippen molar-refractivity contribution < 1.29 is 4.79 Å². The van der Waals surface area contributed by atoms with Crippen LogP contribution >= 0.6 is 34.7 Å². The topological polar surface area (TPSA) is 76.9 Å². The predicted octanol–water partition coefficient (Wildman–Crippen LogP) is 4.84. The maximum Gasteiger partial charge on any atom is 0.266 e. The molecule has 0 saturated heterocycles. The number of amides is 1. The number of benzene rings is 2. The molecule has 0 unspecified atom stereocenters. The van der Waals surface area contributed by atoms with Gasteiger partial charge >= 0.3 is 0 Å². The first-order valence-electron chi connectivity index (χ1n) is 9.05. The number of nitrogens with one attached hydrogen (secondary N) is 1. The van der Waals surface area contributed by atoms with Gasteiger partial charge in [-0.3, -0.25) is 14.2 Å². The highest BCUT2D eigenvalue weighted by Crippen LogP contribution is 2.24. The van der Waals surface area contributed by atoms with Crippen LogP contribution < -0.4 is 10.9 Å². The Labute approximate surface area is 185 Å². The number of aromatic nitrogens is 3. The summed E-state index contributed by atoms with van der Waals surface area (Å²) < 4.78 is 1.54. The van der Waals surface area contributed by atoms with Crippen LogP contribution in [0.25, 0.3) is 16.6 Å². The molecule has 0 aliphatic heterocycles. The van der Waals surface area contributed by atoms with Crippen LogP contribution in [0.15, 0.2) is 57.8 Å². The monoisotopic (exact) mass is 456 g/mol. The number of halogens is 1. The lowest BCUT2D eigenvalue weighted by Crippen LogP contribution is -2.23. The molecule has 0 fully saturated rings. The maximum atomic E-state index is 13.3. The average molecular weight is 457 g/mol. The number of fused-ring (bicyclic) bond motifs is 1. The van der Waals surface area contributed by atoms with Crippen LogP contribution in [-0.2, 0) is 4.79 Å². The Morgan fingerprint density at radius 2 is 2.03 bits per heavy atom. The van der Waals surface area contributed by atoms with Crippen molar-refractivity contribution in [3.05, 3.63) is 74.5 Å². The van der Waals surface area contributed by atoms with E-state index in [9.17, 15) is 9.59 Å². The summed E-state index contributed by atoms with van der Waals surface area (Å²) in [5, 5.41) is 6.57. The second-order valence-electron chi connectivity index (χ2n) is 6.67. The third-order valence-corrected chi connectivity index (χ3v) is 6.31. The molecule has 0 bridgehead atoms. The summed E-state index contributed by atoms with van der Waals surface area (Å²) in [6.07, 6.45) is 0. The van der Waals surface area contributed by atoms with Crippen LogP contribution in [0.5, 0.6) is 0 Å². The molecular formula is C21H17ClN4O2S2. The largest absolute Gasteiger partial charge is 0.301 e. The third-order valence-electron chi connectivity index (χ3n) is 4.26. The van der Waals surface area contributed by atoms with Gasteiger partial charge < -0.3 is 5.32 Å². The van der Waals surface area contributed by atoms with Crippen molar-refractivity contribution in [2.75, 3.05) is 11.1 Å². The first kappa shape index (κ1) is 20.6. The second-order valence-corrected chi connectivity index (χ2v) is 8.90. The van der Waals surface area contributed by atoms with E-state index in [1.807, 2.05) is 43.5 Å². The molecule has 1 N–H and O–H groups in total. The smallest absolute Gasteiger partial charge is 0.266 e. The van der Waals surface area contributed by atoms with Gasteiger partial charge in [-0.2, -0.15) is 0 Å². The number of carbonyl (C=O) groups is 1. The number of thioether (sulfide) groups is 1. The molecule has 0 atom stereocenters. The van der Waals surface area contributed by atoms with E-state index in [-0.39, 0.29) is 17.2 Å². The Balaban J connectivity index is 1.72. The molecule has 9 heteroatoms. The van der Waals surface area contributed by atoms with Gasteiger partial charge in [0.15, 0.2) is 10.3 Å². The van der Waals surface area contributed by atoms with Crippen LogP contribution in [0.3, 0.4) is 0 Å². The van der Waals surface area contributed by atoms with Gasteiger partial charge in [0.25, 0.3) is 5.56 Å². The van der Waals surface area contributed by atoms with E-state index in [1.54, 1.807) is 18.2 Å². The zero-order chi connectivity index (χ0) is 21.3. The summed E-state index contributed by atoms with van der Waals surface area (Å²) in [4.78, 5) is 34.5. The number of nitrogens with zero attached hydrogens (tertiary/aromatic N) is 3. The summed E-state index contributed by atoms with van der Waals surface area (Å²) in [7, 11) is 0. The molecular weight excluding hydrogens is 440 g/mol. The van der Waals surface area contributed by atoms with Crippen molar-refractivity contribution in [3.63, 3.8) is 0 Å². The lowest BCUT2D eigenvalue weighted by atomic mass is 10.2. The van der Waals surface area contributed by atoms with Crippen molar-refractivity contribution in [1.29, 1.82) is 0 Å². The highest BCUT2D eigenvalue weighted by molar-refractivity contribution is 7.99. The summed E-state index contributed by atoms with van der Waals surface area (Å²) in [5.74, 6) is -0.131. The normalized spacial score (nSPS) is 11.0. The molecule has 2 aromatic heterocycles. The van der Waals surface area contributed by atoms with Crippen molar-refractivity contribution in [2.45, 2.75) is 19.0 Å². The van der Waals surface area contributed by atoms with Gasteiger partial charge in [-0.1, -0.05) is 35.5 Å². The first-order valence-corrected chi connectivity index (χ1v) is 11.3. The number of aryl methyl sites for hydroxylation is 2. The fraction of sp³-hybridized carbons (Fsp3) is 0.143. The van der Waals surface area contributed by atoms with Crippen molar-refractivity contribution in [2.24, 2.45) is 0 Å². The zero-order valence-corrected chi connectivity index (χ0v) is 18.6. The minimum absolute atomic E-state index is 0.0863. The molecule has 0 aliphatic rings. The summed E-state index contributed by atoms with van der Waals surface area (Å²) in [6.45, 7) is 3.82. The van der Waals surface area contributed by atoms with E-state index in [2.05, 4.69) is 15.3 Å². The number of thiazole rings is 1. The molecule has 152 valence electrons. The Morgan fingerprint density at radius 3 is 2.77 bits per heavy atom. The minimum Gasteiger partial charge on any atom is -0.301 e. The average Bonchev–Trinajstić information content (AvgIpc) is 3.10. The van der Waals surface area contributed by atoms with E-state index in [4.69, 9.17) is 11.6 Å². The van der Waals surface area contributed by atoms with Gasteiger partial charge in [0.2, 0.25) is 5.91 Å². The zero-order valence-electron chi connectivity index (χ0n) is 16.2. The molecule has 2 aromatic carbocycles. The number of carbonyl (C=O) groups excluding carboxylic acids is 1. The van der Waals surface area contributed by atoms with Crippen LogP contribution in [0.4, 0.5) is 5.13 Å². The number of rotatable bonds is 5. The van der Waals surface area contributed by atoms with E-state index >= 15 is 0 Å². The highest BCUT2D eigenvalue weighted by Gasteiger charge is 2.16. The van der Waals surface area contributed by atoms with Crippen molar-refractivity contribution in [1.82, 2.24) is 14.5 Å². The molecule has 1 amide bonds. The van der Waals surface area contributed by atoms with Crippen LogP contribution in [0, 0.1) is 13.8 Å². The summed E-state index contributed by atoms with van der Waals surface area (Å²) in [5.41, 5.74) is 2.85. The Hall–Kier alpha value is -2.68. The van der Waals surface area contributed by atoms with Gasteiger partial charge in [-0.05, 0) is 49.7 Å². The van der Waals surface area contributed by atoms with Gasteiger partial charge in [0, 0.05) is 10.4 Å². The molecule has 2 heterocycles. The summed E-state index contributed by atoms with van der Waals surface area (Å²) in [6, 6.07) is 12.6. The van der Waals surface area contributed by atoms with E-state index in [0.717, 1.165) is 11.3 Å². The molecule has 0 aliphatic carbocycles. The molecule has 4 rings (SSSR count). The lowest BCUT2D eigenvalue weighted by molar-refractivity contribution is -0.113. The third kappa shape index (κ3) is 4.40. The fourth-order valence-corrected chi connectivity index (χ4v) is 4.61. The number of hydrogen-bond donors (Lipinski definition) is 1. The highest BCUT2D eigenvalue weighted by atomic mass is 35.5. The van der Waals surface area contributed by atoms with Gasteiger partial charge in [-0.15, -0.1) is 11.3 Å². The first-order chi connectivity index (χ1) is 14.4. The van der Waals surface area contributed by atoms with Crippen LogP contribution in [0.2, 0.25) is 5.02 Å². The minimum atomic E-state index is -0.217. The van der Waals surface area contributed by atoms with Crippen molar-refractivity contribution in [3.8, 4) is 5.69 Å². The molecule has 30 heavy (non-hydrogen) atoms. The van der Waals surface area contributed by atoms with E-state index in [0.29, 0.717) is 31.9 Å². The predicted molar refractivity (Wildman–Crippen MR) is 123 cm³/mol. The molecule has 4 aromatic rings. The van der Waals surface area contributed by atoms with Crippen LogP contribution in [-0.4, -0.2) is 26.2 Å². The molecule has 0 spiro atoms. The van der Waals surface area contributed by atoms with E-state index < -0.39 is 0 Å². The quantitative estimate of drug-likeness (QED) is 0.343. The van der Waals surface area contributed by atoms with Crippen LogP contribution in [0.1, 0.15) is 11.3 Å². The standard InChI is InChI=1S/C21H17ClN4O2S2/c1-12-4-3-5-15(8-12)26-19(28)16-7-6-14(22)9-17(16)24-21(26)30-11-18(27)25-20-23-13(2)10-29-20/h3-10H,11H2,1-2H3,(H,23,25,27). The maximum absolute atomic E-state index is 13.3. The molecule has 0 saturated carbocycles. The lowest BCUT2D eigenvalue weighted by Gasteiger charge is -2.13. The Morgan fingerprint density at radius 1 is 1.20 bits per heavy atom. The number of hydrogen-bond acceptors (Lipinski definition) is 6. The Kier molecular flexibility index (Phi) is 5.90. The van der Waals surface area contributed by atoms with Gasteiger partial charge in [0.05, 0.1) is 28.0 Å². The Bertz CT molecular complexity index is 1320.